The predicted molar refractivity (Wildman–Crippen MR) is 139 cm³/mol. The van der Waals surface area contributed by atoms with Gasteiger partial charge in [0.2, 0.25) is 0 Å². The number of nitrogens with zero attached hydrogens (tertiary/aromatic N) is 3. The van der Waals surface area contributed by atoms with Crippen molar-refractivity contribution in [2.75, 3.05) is 18.6 Å². The Morgan fingerprint density at radius 3 is 2.65 bits per heavy atom. The molecule has 7 heteroatoms. The second-order valence-corrected chi connectivity index (χ2v) is 8.92. The molecule has 4 aromatic rings. The van der Waals surface area contributed by atoms with E-state index in [1.54, 1.807) is 36.3 Å². The molecule has 5 rings (SSSR count). The summed E-state index contributed by atoms with van der Waals surface area (Å²) in [5.74, 6) is 0.899. The molecule has 0 fully saturated rings. The molecule has 0 bridgehead atoms. The van der Waals surface area contributed by atoms with Crippen LogP contribution in [-0.2, 0) is 4.79 Å². The lowest BCUT2D eigenvalue weighted by molar-refractivity contribution is -0.113. The molecule has 34 heavy (non-hydrogen) atoms. The van der Waals surface area contributed by atoms with E-state index in [2.05, 4.69) is 15.9 Å². The van der Waals surface area contributed by atoms with Crippen molar-refractivity contribution in [1.82, 2.24) is 9.55 Å². The molecule has 1 aliphatic heterocycles. The molecule has 0 saturated carbocycles. The lowest BCUT2D eigenvalue weighted by Gasteiger charge is -2.15. The van der Waals surface area contributed by atoms with Crippen LogP contribution < -0.4 is 15.2 Å². The van der Waals surface area contributed by atoms with Crippen molar-refractivity contribution in [3.05, 3.63) is 92.9 Å². The van der Waals surface area contributed by atoms with Gasteiger partial charge in [-0.15, -0.1) is 0 Å². The number of anilines is 1. The molecule has 0 unspecified atom stereocenters. The average molecular weight is 516 g/mol. The first-order chi connectivity index (χ1) is 16.5. The molecule has 0 saturated heterocycles. The van der Waals surface area contributed by atoms with Gasteiger partial charge in [0.05, 0.1) is 35.0 Å². The van der Waals surface area contributed by atoms with Gasteiger partial charge >= 0.3 is 0 Å². The van der Waals surface area contributed by atoms with Crippen molar-refractivity contribution < 1.29 is 9.53 Å². The number of benzene rings is 3. The van der Waals surface area contributed by atoms with Gasteiger partial charge in [-0.05, 0) is 55.0 Å². The summed E-state index contributed by atoms with van der Waals surface area (Å²) in [4.78, 5) is 33.7. The number of methoxy groups -OCH3 is 1. The lowest BCUT2D eigenvalue weighted by Crippen LogP contribution is -2.27. The zero-order valence-corrected chi connectivity index (χ0v) is 20.4. The zero-order chi connectivity index (χ0) is 23.8. The van der Waals surface area contributed by atoms with Gasteiger partial charge in [0.1, 0.15) is 11.6 Å². The number of hydrogen-bond donors (Lipinski definition) is 0. The largest absolute Gasteiger partial charge is 0.497 e. The summed E-state index contributed by atoms with van der Waals surface area (Å²) < 4.78 is 7.79. The summed E-state index contributed by atoms with van der Waals surface area (Å²) in [6.07, 6.45) is 2.55. The van der Waals surface area contributed by atoms with Crippen LogP contribution in [0.15, 0.2) is 76.0 Å². The van der Waals surface area contributed by atoms with E-state index in [-0.39, 0.29) is 11.5 Å². The van der Waals surface area contributed by atoms with Gasteiger partial charge in [0, 0.05) is 22.6 Å². The van der Waals surface area contributed by atoms with Crippen molar-refractivity contribution in [2.45, 2.75) is 13.3 Å². The van der Waals surface area contributed by atoms with E-state index in [0.29, 0.717) is 40.3 Å². The highest BCUT2D eigenvalue weighted by Gasteiger charge is 2.32. The Hall–Kier alpha value is -3.71. The molecular weight excluding hydrogens is 494 g/mol. The standard InChI is InChI=1S/C27H22BrN3O3/c1-3-13-30-24-12-11-17(28)14-21(24)22(26(30)32)16-25-29-23-10-5-4-9-20(23)27(33)31(25)18-7-6-8-19(15-18)34-2/h4-12,14-16H,3,13H2,1-2H3/b22-16+. The maximum absolute atomic E-state index is 13.6. The normalized spacial score (nSPS) is 14.1. The molecule has 3 aromatic carbocycles. The van der Waals surface area contributed by atoms with Crippen LogP contribution in [0.3, 0.4) is 0 Å². The molecule has 1 aromatic heterocycles. The third kappa shape index (κ3) is 3.72. The van der Waals surface area contributed by atoms with Crippen LogP contribution >= 0.6 is 15.9 Å². The summed E-state index contributed by atoms with van der Waals surface area (Å²) in [5.41, 5.74) is 3.15. The van der Waals surface area contributed by atoms with Crippen molar-refractivity contribution in [2.24, 2.45) is 0 Å². The highest BCUT2D eigenvalue weighted by Crippen LogP contribution is 2.39. The van der Waals surface area contributed by atoms with E-state index in [1.165, 1.54) is 4.57 Å². The second kappa shape index (κ2) is 8.91. The smallest absolute Gasteiger partial charge is 0.266 e. The molecule has 6 nitrogen and oxygen atoms in total. The van der Waals surface area contributed by atoms with Gasteiger partial charge < -0.3 is 9.64 Å². The van der Waals surface area contributed by atoms with Crippen LogP contribution in [-0.4, -0.2) is 29.1 Å². The summed E-state index contributed by atoms with van der Waals surface area (Å²) in [6.45, 7) is 2.65. The minimum absolute atomic E-state index is 0.102. The number of para-hydroxylation sites is 1. The van der Waals surface area contributed by atoms with E-state index in [4.69, 9.17) is 9.72 Å². The Bertz CT molecular complexity index is 1520. The lowest BCUT2D eigenvalue weighted by atomic mass is 10.1. The van der Waals surface area contributed by atoms with Crippen LogP contribution in [0.5, 0.6) is 5.75 Å². The topological polar surface area (TPSA) is 64.4 Å². The second-order valence-electron chi connectivity index (χ2n) is 8.01. The van der Waals surface area contributed by atoms with Crippen molar-refractivity contribution in [3.8, 4) is 11.4 Å². The number of aromatic nitrogens is 2. The Labute approximate surface area is 205 Å². The Morgan fingerprint density at radius 2 is 1.85 bits per heavy atom. The molecule has 1 amide bonds. The number of carbonyl (C=O) groups excluding carboxylic acids is 1. The van der Waals surface area contributed by atoms with Crippen molar-refractivity contribution in [3.63, 3.8) is 0 Å². The number of fused-ring (bicyclic) bond motifs is 2. The molecule has 0 aliphatic carbocycles. The van der Waals surface area contributed by atoms with Crippen LogP contribution in [0.25, 0.3) is 28.2 Å². The van der Waals surface area contributed by atoms with Crippen LogP contribution in [0, 0.1) is 0 Å². The molecule has 170 valence electrons. The van der Waals surface area contributed by atoms with Gasteiger partial charge in [-0.1, -0.05) is 41.1 Å². The van der Waals surface area contributed by atoms with Gasteiger partial charge in [-0.25, -0.2) is 4.98 Å². The minimum Gasteiger partial charge on any atom is -0.497 e. The fourth-order valence-corrected chi connectivity index (χ4v) is 4.65. The number of halogens is 1. The summed E-state index contributed by atoms with van der Waals surface area (Å²) in [6, 6.07) is 20.3. The van der Waals surface area contributed by atoms with Crippen molar-refractivity contribution in [1.29, 1.82) is 0 Å². The SMILES string of the molecule is CCCN1C(=O)/C(=C/c2nc3ccccc3c(=O)n2-c2cccc(OC)c2)c2cc(Br)ccc21. The van der Waals surface area contributed by atoms with E-state index >= 15 is 0 Å². The number of ether oxygens (including phenoxy) is 1. The van der Waals surface area contributed by atoms with Gasteiger partial charge in [-0.3, -0.25) is 14.2 Å². The monoisotopic (exact) mass is 515 g/mol. The third-order valence-electron chi connectivity index (χ3n) is 5.85. The highest BCUT2D eigenvalue weighted by atomic mass is 79.9. The maximum Gasteiger partial charge on any atom is 0.266 e. The molecule has 0 radical (unpaired) electrons. The first kappa shape index (κ1) is 22.1. The van der Waals surface area contributed by atoms with E-state index in [9.17, 15) is 9.59 Å². The van der Waals surface area contributed by atoms with Crippen molar-refractivity contribution >= 4 is 50.1 Å². The summed E-state index contributed by atoms with van der Waals surface area (Å²) >= 11 is 3.53. The quantitative estimate of drug-likeness (QED) is 0.331. The predicted octanol–water partition coefficient (Wildman–Crippen LogP) is 5.45. The zero-order valence-electron chi connectivity index (χ0n) is 18.8. The van der Waals surface area contributed by atoms with Crippen LogP contribution in [0.1, 0.15) is 24.7 Å². The van der Waals surface area contributed by atoms with Gasteiger partial charge in [0.15, 0.2) is 0 Å². The maximum atomic E-state index is 13.6. The molecule has 2 heterocycles. The Balaban J connectivity index is 1.80. The third-order valence-corrected chi connectivity index (χ3v) is 6.34. The van der Waals surface area contributed by atoms with Gasteiger partial charge in [0.25, 0.3) is 11.5 Å². The Kier molecular flexibility index (Phi) is 5.79. The molecular formula is C27H22BrN3O3. The first-order valence-electron chi connectivity index (χ1n) is 11.0. The van der Waals surface area contributed by atoms with Crippen LogP contribution in [0.4, 0.5) is 5.69 Å². The molecule has 0 atom stereocenters. The number of amides is 1. The molecule has 1 aliphatic rings. The minimum atomic E-state index is -0.212. The van der Waals surface area contributed by atoms with E-state index in [1.807, 2.05) is 55.5 Å². The fraction of sp³-hybridized carbons (Fsp3) is 0.148. The van der Waals surface area contributed by atoms with Gasteiger partial charge in [-0.2, -0.15) is 0 Å². The van der Waals surface area contributed by atoms with E-state index < -0.39 is 0 Å². The molecule has 0 N–H and O–H groups in total. The van der Waals surface area contributed by atoms with E-state index in [0.717, 1.165) is 22.1 Å². The summed E-state index contributed by atoms with van der Waals surface area (Å²) in [5, 5.41) is 0.501. The first-order valence-corrected chi connectivity index (χ1v) is 11.8. The number of carbonyl (C=O) groups is 1. The number of rotatable bonds is 5. The highest BCUT2D eigenvalue weighted by molar-refractivity contribution is 9.10. The Morgan fingerprint density at radius 1 is 1.03 bits per heavy atom. The summed E-state index contributed by atoms with van der Waals surface area (Å²) in [7, 11) is 1.58. The van der Waals surface area contributed by atoms with Crippen LogP contribution in [0.2, 0.25) is 0 Å². The number of hydrogen-bond acceptors (Lipinski definition) is 4. The fourth-order valence-electron chi connectivity index (χ4n) is 4.29. The average Bonchev–Trinajstić information content (AvgIpc) is 3.10. The molecule has 0 spiro atoms.